The molecule has 1 aliphatic heterocycles. The molecule has 0 radical (unpaired) electrons. The number of benzene rings is 1. The number of hydrogen-bond donors (Lipinski definition) is 0. The summed E-state index contributed by atoms with van der Waals surface area (Å²) in [4.78, 5) is 26.2. The van der Waals surface area contributed by atoms with Crippen molar-refractivity contribution < 1.29 is 23.5 Å². The van der Waals surface area contributed by atoms with Gasteiger partial charge in [-0.05, 0) is 57.4 Å². The zero-order valence-corrected chi connectivity index (χ0v) is 15.1. The van der Waals surface area contributed by atoms with E-state index in [1.807, 2.05) is 0 Å². The summed E-state index contributed by atoms with van der Waals surface area (Å²) in [5.74, 6) is -0.757. The summed E-state index contributed by atoms with van der Waals surface area (Å²) in [5.41, 5.74) is 1.28. The second-order valence-corrected chi connectivity index (χ2v) is 6.84. The van der Waals surface area contributed by atoms with Gasteiger partial charge in [0.1, 0.15) is 11.4 Å². The van der Waals surface area contributed by atoms with E-state index in [9.17, 15) is 14.0 Å². The van der Waals surface area contributed by atoms with Gasteiger partial charge in [-0.15, -0.1) is 0 Å². The van der Waals surface area contributed by atoms with Crippen LogP contribution in [0.2, 0.25) is 0 Å². The summed E-state index contributed by atoms with van der Waals surface area (Å²) < 4.78 is 23.8. The molecule has 5 nitrogen and oxygen atoms in total. The van der Waals surface area contributed by atoms with Crippen molar-refractivity contribution in [3.05, 3.63) is 41.2 Å². The molecule has 1 heterocycles. The van der Waals surface area contributed by atoms with Crippen LogP contribution in [-0.4, -0.2) is 42.3 Å². The van der Waals surface area contributed by atoms with E-state index >= 15 is 0 Å². The first-order chi connectivity index (χ1) is 11.7. The highest BCUT2D eigenvalue weighted by Crippen LogP contribution is 2.29. The molecule has 136 valence electrons. The lowest BCUT2D eigenvalue weighted by Crippen LogP contribution is -2.41. The summed E-state index contributed by atoms with van der Waals surface area (Å²) in [6, 6.07) is 5.86. The molecule has 1 aliphatic rings. The van der Waals surface area contributed by atoms with Crippen LogP contribution in [0.4, 0.5) is 9.18 Å². The van der Waals surface area contributed by atoms with Gasteiger partial charge in [-0.3, -0.25) is 0 Å². The minimum atomic E-state index is -0.599. The lowest BCUT2D eigenvalue weighted by molar-refractivity contribution is -0.138. The molecular formula is C19H24FNO4. The molecule has 0 bridgehead atoms. The fourth-order valence-corrected chi connectivity index (χ4v) is 2.61. The number of carbonyl (C=O) groups is 2. The summed E-state index contributed by atoms with van der Waals surface area (Å²) in [6.07, 6.45) is -0.0693. The van der Waals surface area contributed by atoms with Gasteiger partial charge in [-0.1, -0.05) is 12.1 Å². The quantitative estimate of drug-likeness (QED) is 0.779. The predicted octanol–water partition coefficient (Wildman–Crippen LogP) is 3.78. The molecular weight excluding hydrogens is 325 g/mol. The van der Waals surface area contributed by atoms with E-state index in [1.54, 1.807) is 44.7 Å². The average molecular weight is 349 g/mol. The Bertz CT molecular complexity index is 674. The zero-order valence-electron chi connectivity index (χ0n) is 15.1. The maximum Gasteiger partial charge on any atom is 0.410 e. The van der Waals surface area contributed by atoms with Crippen molar-refractivity contribution >= 4 is 17.6 Å². The molecule has 0 saturated heterocycles. The van der Waals surface area contributed by atoms with Crippen LogP contribution in [-0.2, 0) is 14.3 Å². The highest BCUT2D eigenvalue weighted by molar-refractivity contribution is 5.99. The van der Waals surface area contributed by atoms with Gasteiger partial charge >= 0.3 is 12.1 Å². The Morgan fingerprint density at radius 2 is 1.84 bits per heavy atom. The molecule has 0 fully saturated rings. The van der Waals surface area contributed by atoms with Crippen molar-refractivity contribution in [1.29, 1.82) is 0 Å². The number of carbonyl (C=O) groups excluding carboxylic acids is 2. The number of amides is 1. The number of nitrogens with zero attached hydrogens (tertiary/aromatic N) is 1. The molecule has 0 saturated carbocycles. The maximum absolute atomic E-state index is 13.2. The SMILES string of the molecule is CCOC(=O)C1=C(c2ccc(F)cc2)CN(C(=O)OC(C)(C)C)CC1. The van der Waals surface area contributed by atoms with Crippen LogP contribution in [0.5, 0.6) is 0 Å². The fraction of sp³-hybridized carbons (Fsp3) is 0.474. The molecule has 1 amide bonds. The number of ether oxygens (including phenoxy) is 2. The van der Waals surface area contributed by atoms with Gasteiger partial charge in [-0.25, -0.2) is 14.0 Å². The first-order valence-corrected chi connectivity index (χ1v) is 8.34. The Morgan fingerprint density at radius 1 is 1.20 bits per heavy atom. The van der Waals surface area contributed by atoms with Crippen molar-refractivity contribution in [2.24, 2.45) is 0 Å². The zero-order chi connectivity index (χ0) is 18.6. The molecule has 1 aromatic rings. The van der Waals surface area contributed by atoms with E-state index in [0.717, 1.165) is 0 Å². The van der Waals surface area contributed by atoms with Gasteiger partial charge in [0.15, 0.2) is 0 Å². The number of esters is 1. The van der Waals surface area contributed by atoms with Gasteiger partial charge in [0.25, 0.3) is 0 Å². The van der Waals surface area contributed by atoms with Gasteiger partial charge in [0, 0.05) is 12.1 Å². The Balaban J connectivity index is 2.32. The molecule has 1 aromatic carbocycles. The van der Waals surface area contributed by atoms with Crippen molar-refractivity contribution in [1.82, 2.24) is 4.90 Å². The van der Waals surface area contributed by atoms with Gasteiger partial charge in [0.05, 0.1) is 13.2 Å². The Morgan fingerprint density at radius 3 is 2.40 bits per heavy atom. The molecule has 25 heavy (non-hydrogen) atoms. The maximum atomic E-state index is 13.2. The van der Waals surface area contributed by atoms with E-state index in [1.165, 1.54) is 12.1 Å². The minimum absolute atomic E-state index is 0.217. The second-order valence-electron chi connectivity index (χ2n) is 6.84. The third-order valence-corrected chi connectivity index (χ3v) is 3.71. The van der Waals surface area contributed by atoms with E-state index in [2.05, 4.69) is 0 Å². The molecule has 2 rings (SSSR count). The third-order valence-electron chi connectivity index (χ3n) is 3.71. The van der Waals surface area contributed by atoms with Crippen LogP contribution >= 0.6 is 0 Å². The topological polar surface area (TPSA) is 55.8 Å². The Kier molecular flexibility index (Phi) is 5.82. The lowest BCUT2D eigenvalue weighted by Gasteiger charge is -2.32. The molecule has 0 aromatic heterocycles. The standard InChI is InChI=1S/C19H24FNO4/c1-5-24-17(22)15-10-11-21(18(23)25-19(2,3)4)12-16(15)13-6-8-14(20)9-7-13/h6-9H,5,10-12H2,1-4H3. The van der Waals surface area contributed by atoms with Crippen molar-refractivity contribution in [2.45, 2.75) is 39.7 Å². The van der Waals surface area contributed by atoms with Crippen LogP contribution < -0.4 is 0 Å². The highest BCUT2D eigenvalue weighted by Gasteiger charge is 2.30. The fourth-order valence-electron chi connectivity index (χ4n) is 2.61. The summed E-state index contributed by atoms with van der Waals surface area (Å²) in [5, 5.41) is 0. The molecule has 0 N–H and O–H groups in total. The predicted molar refractivity (Wildman–Crippen MR) is 92.4 cm³/mol. The van der Waals surface area contributed by atoms with Crippen LogP contribution in [0.15, 0.2) is 29.8 Å². The van der Waals surface area contributed by atoms with E-state index in [-0.39, 0.29) is 19.0 Å². The first kappa shape index (κ1) is 19.0. The normalized spacial score (nSPS) is 15.2. The molecule has 0 unspecified atom stereocenters. The van der Waals surface area contributed by atoms with Crippen molar-refractivity contribution in [3.63, 3.8) is 0 Å². The Hall–Kier alpha value is -2.37. The third kappa shape index (κ3) is 5.05. The van der Waals surface area contributed by atoms with Gasteiger partial charge in [0.2, 0.25) is 0 Å². The smallest absolute Gasteiger partial charge is 0.410 e. The number of halogens is 1. The average Bonchev–Trinajstić information content (AvgIpc) is 2.53. The van der Waals surface area contributed by atoms with Crippen LogP contribution in [0.3, 0.4) is 0 Å². The molecule has 0 atom stereocenters. The number of hydrogen-bond acceptors (Lipinski definition) is 4. The Labute approximate surface area is 147 Å². The van der Waals surface area contributed by atoms with E-state index in [0.29, 0.717) is 29.7 Å². The monoisotopic (exact) mass is 349 g/mol. The second kappa shape index (κ2) is 7.68. The van der Waals surface area contributed by atoms with Crippen molar-refractivity contribution in [2.75, 3.05) is 19.7 Å². The molecule has 0 spiro atoms. The number of rotatable bonds is 3. The van der Waals surface area contributed by atoms with Crippen molar-refractivity contribution in [3.8, 4) is 0 Å². The largest absolute Gasteiger partial charge is 0.463 e. The molecule has 6 heteroatoms. The summed E-state index contributed by atoms with van der Waals surface area (Å²) in [6.45, 7) is 8.00. The molecule has 0 aliphatic carbocycles. The van der Waals surface area contributed by atoms with Crippen LogP contribution in [0.25, 0.3) is 5.57 Å². The highest BCUT2D eigenvalue weighted by atomic mass is 19.1. The van der Waals surface area contributed by atoms with Crippen LogP contribution in [0, 0.1) is 5.82 Å². The lowest BCUT2D eigenvalue weighted by atomic mass is 9.94. The van der Waals surface area contributed by atoms with Crippen LogP contribution in [0.1, 0.15) is 39.7 Å². The van der Waals surface area contributed by atoms with Gasteiger partial charge in [-0.2, -0.15) is 0 Å². The van der Waals surface area contributed by atoms with E-state index < -0.39 is 17.7 Å². The van der Waals surface area contributed by atoms with Gasteiger partial charge < -0.3 is 14.4 Å². The first-order valence-electron chi connectivity index (χ1n) is 8.34. The summed E-state index contributed by atoms with van der Waals surface area (Å²) in [7, 11) is 0. The minimum Gasteiger partial charge on any atom is -0.463 e. The summed E-state index contributed by atoms with van der Waals surface area (Å²) >= 11 is 0. The van der Waals surface area contributed by atoms with E-state index in [4.69, 9.17) is 9.47 Å².